The molecule has 166 valence electrons. The summed E-state index contributed by atoms with van der Waals surface area (Å²) < 4.78 is 18.9. The molecule has 2 heterocycles. The van der Waals surface area contributed by atoms with Gasteiger partial charge in [-0.15, -0.1) is 24.0 Å². The van der Waals surface area contributed by atoms with Crippen LogP contribution in [-0.4, -0.2) is 50.7 Å². The summed E-state index contributed by atoms with van der Waals surface area (Å²) in [5.41, 5.74) is 2.34. The lowest BCUT2D eigenvalue weighted by atomic mass is 10.0. The first-order chi connectivity index (χ1) is 14.1. The van der Waals surface area contributed by atoms with Crippen molar-refractivity contribution >= 4 is 41.3 Å². The summed E-state index contributed by atoms with van der Waals surface area (Å²) in [6.45, 7) is 5.81. The first-order valence-electron chi connectivity index (χ1n) is 10.1. The Balaban J connectivity index is 0.00000320. The highest BCUT2D eigenvalue weighted by atomic mass is 127. The van der Waals surface area contributed by atoms with Crippen LogP contribution in [0, 0.1) is 5.82 Å². The lowest BCUT2D eigenvalue weighted by molar-refractivity contribution is 0.198. The van der Waals surface area contributed by atoms with E-state index < -0.39 is 0 Å². The highest BCUT2D eigenvalue weighted by molar-refractivity contribution is 14.0. The van der Waals surface area contributed by atoms with Crippen molar-refractivity contribution in [3.05, 3.63) is 52.0 Å². The number of methoxy groups -OCH3 is 1. The van der Waals surface area contributed by atoms with E-state index in [0.29, 0.717) is 17.7 Å². The third kappa shape index (κ3) is 7.09. The van der Waals surface area contributed by atoms with Gasteiger partial charge in [-0.1, -0.05) is 13.0 Å². The molecule has 1 aromatic heterocycles. The van der Waals surface area contributed by atoms with Crippen molar-refractivity contribution in [1.82, 2.24) is 15.5 Å². The standard InChI is InChI=1S/C22H31FN4OS.HI/c1-16(18-8-11-29-15-18)13-25-22(24-2)26-19-6-9-27(10-7-19)14-17-4-5-21(28-3)20(23)12-17;/h4-5,8,11-12,15-16,19H,6-7,9-10,13-14H2,1-3H3,(H2,24,25,26);1H. The molecule has 30 heavy (non-hydrogen) atoms. The van der Waals surface area contributed by atoms with Crippen LogP contribution in [0.5, 0.6) is 5.75 Å². The van der Waals surface area contributed by atoms with Gasteiger partial charge in [0.2, 0.25) is 0 Å². The second kappa shape index (κ2) is 12.5. The number of ether oxygens (including phenoxy) is 1. The van der Waals surface area contributed by atoms with E-state index in [2.05, 4.69) is 44.3 Å². The Labute approximate surface area is 200 Å². The fraction of sp³-hybridized carbons (Fsp3) is 0.500. The Morgan fingerprint density at radius 3 is 2.70 bits per heavy atom. The molecule has 3 rings (SSSR count). The van der Waals surface area contributed by atoms with E-state index in [1.807, 2.05) is 13.1 Å². The maximum Gasteiger partial charge on any atom is 0.191 e. The Kier molecular flexibility index (Phi) is 10.3. The monoisotopic (exact) mass is 546 g/mol. The molecule has 1 atom stereocenters. The van der Waals surface area contributed by atoms with Crippen LogP contribution in [0.2, 0.25) is 0 Å². The van der Waals surface area contributed by atoms with Gasteiger partial charge in [0, 0.05) is 39.3 Å². The molecule has 0 bridgehead atoms. The summed E-state index contributed by atoms with van der Waals surface area (Å²) in [7, 11) is 3.30. The topological polar surface area (TPSA) is 48.9 Å². The molecule has 0 radical (unpaired) electrons. The SMILES string of the molecule is CN=C(NCC(C)c1ccsc1)NC1CCN(Cc2ccc(OC)c(F)c2)CC1.I. The predicted octanol–water partition coefficient (Wildman–Crippen LogP) is 4.45. The van der Waals surface area contributed by atoms with Crippen LogP contribution in [0.1, 0.15) is 36.8 Å². The molecule has 0 amide bonds. The van der Waals surface area contributed by atoms with Crippen molar-refractivity contribution in [1.29, 1.82) is 0 Å². The van der Waals surface area contributed by atoms with Gasteiger partial charge >= 0.3 is 0 Å². The number of benzene rings is 1. The van der Waals surface area contributed by atoms with Gasteiger partial charge in [0.15, 0.2) is 17.5 Å². The molecule has 2 aromatic rings. The molecule has 1 aliphatic rings. The second-order valence-electron chi connectivity index (χ2n) is 7.57. The molecule has 1 unspecified atom stereocenters. The summed E-state index contributed by atoms with van der Waals surface area (Å²) >= 11 is 1.73. The van der Waals surface area contributed by atoms with E-state index >= 15 is 0 Å². The van der Waals surface area contributed by atoms with Crippen LogP contribution in [-0.2, 0) is 6.54 Å². The number of rotatable bonds is 7. The minimum absolute atomic E-state index is 0. The molecule has 1 fully saturated rings. The van der Waals surface area contributed by atoms with Gasteiger partial charge in [0.1, 0.15) is 0 Å². The quantitative estimate of drug-likeness (QED) is 0.306. The van der Waals surface area contributed by atoms with Crippen LogP contribution in [0.15, 0.2) is 40.0 Å². The molecule has 1 aliphatic heterocycles. The fourth-order valence-electron chi connectivity index (χ4n) is 3.61. The molecule has 0 saturated carbocycles. The molecular weight excluding hydrogens is 514 g/mol. The number of nitrogens with zero attached hydrogens (tertiary/aromatic N) is 2. The Morgan fingerprint density at radius 1 is 1.33 bits per heavy atom. The van der Waals surface area contributed by atoms with Crippen molar-refractivity contribution in [2.45, 2.75) is 38.3 Å². The smallest absolute Gasteiger partial charge is 0.191 e. The predicted molar refractivity (Wildman–Crippen MR) is 134 cm³/mol. The van der Waals surface area contributed by atoms with Gasteiger partial charge in [-0.2, -0.15) is 11.3 Å². The molecule has 0 aliphatic carbocycles. The number of nitrogens with one attached hydrogen (secondary N) is 2. The number of hydrogen-bond acceptors (Lipinski definition) is 4. The molecular formula is C22H32FIN4OS. The van der Waals surface area contributed by atoms with Crippen molar-refractivity contribution in [2.75, 3.05) is 33.8 Å². The largest absolute Gasteiger partial charge is 0.494 e. The van der Waals surface area contributed by atoms with Crippen molar-refractivity contribution in [3.8, 4) is 5.75 Å². The number of piperidine rings is 1. The summed E-state index contributed by atoms with van der Waals surface area (Å²) in [4.78, 5) is 6.75. The normalized spacial score (nSPS) is 16.6. The van der Waals surface area contributed by atoms with Gasteiger partial charge in [0.05, 0.1) is 7.11 Å². The van der Waals surface area contributed by atoms with Gasteiger partial charge in [-0.25, -0.2) is 4.39 Å². The fourth-order valence-corrected chi connectivity index (χ4v) is 4.40. The number of hydrogen-bond donors (Lipinski definition) is 2. The zero-order valence-electron chi connectivity index (χ0n) is 17.9. The Hall–Kier alpha value is -1.39. The maximum atomic E-state index is 13.9. The maximum absolute atomic E-state index is 13.9. The zero-order chi connectivity index (χ0) is 20.6. The van der Waals surface area contributed by atoms with Crippen LogP contribution in [0.25, 0.3) is 0 Å². The number of likely N-dealkylation sites (tertiary alicyclic amines) is 1. The zero-order valence-corrected chi connectivity index (χ0v) is 21.0. The summed E-state index contributed by atoms with van der Waals surface area (Å²) in [5, 5.41) is 11.3. The first-order valence-corrected chi connectivity index (χ1v) is 11.1. The number of aliphatic imine (C=N–C) groups is 1. The average Bonchev–Trinajstić information content (AvgIpc) is 3.27. The molecule has 1 saturated heterocycles. The van der Waals surface area contributed by atoms with E-state index in [-0.39, 0.29) is 29.8 Å². The summed E-state index contributed by atoms with van der Waals surface area (Å²) in [5.74, 6) is 1.31. The van der Waals surface area contributed by atoms with Crippen LogP contribution in [0.4, 0.5) is 4.39 Å². The van der Waals surface area contributed by atoms with Crippen LogP contribution in [0.3, 0.4) is 0 Å². The summed E-state index contributed by atoms with van der Waals surface area (Å²) in [6.07, 6.45) is 2.08. The Bertz CT molecular complexity index is 794. The molecule has 0 spiro atoms. The summed E-state index contributed by atoms with van der Waals surface area (Å²) in [6, 6.07) is 7.79. The average molecular weight is 546 g/mol. The second-order valence-corrected chi connectivity index (χ2v) is 8.35. The van der Waals surface area contributed by atoms with E-state index in [1.165, 1.54) is 12.7 Å². The lowest BCUT2D eigenvalue weighted by Gasteiger charge is -2.33. The molecule has 2 N–H and O–H groups in total. The van der Waals surface area contributed by atoms with Crippen LogP contribution >= 0.6 is 35.3 Å². The van der Waals surface area contributed by atoms with E-state index in [4.69, 9.17) is 4.74 Å². The van der Waals surface area contributed by atoms with E-state index in [0.717, 1.165) is 50.5 Å². The minimum Gasteiger partial charge on any atom is -0.494 e. The van der Waals surface area contributed by atoms with E-state index in [1.54, 1.807) is 23.5 Å². The molecule has 5 nitrogen and oxygen atoms in total. The van der Waals surface area contributed by atoms with Crippen molar-refractivity contribution < 1.29 is 9.13 Å². The molecule has 8 heteroatoms. The highest BCUT2D eigenvalue weighted by Gasteiger charge is 2.20. The number of guanidine groups is 1. The number of halogens is 2. The lowest BCUT2D eigenvalue weighted by Crippen LogP contribution is -2.49. The van der Waals surface area contributed by atoms with E-state index in [9.17, 15) is 4.39 Å². The third-order valence-corrected chi connectivity index (χ3v) is 6.16. The van der Waals surface area contributed by atoms with Gasteiger partial charge in [0.25, 0.3) is 0 Å². The third-order valence-electron chi connectivity index (χ3n) is 5.46. The number of thiophene rings is 1. The van der Waals surface area contributed by atoms with Gasteiger partial charge in [-0.3, -0.25) is 9.89 Å². The highest BCUT2D eigenvalue weighted by Crippen LogP contribution is 2.20. The van der Waals surface area contributed by atoms with Gasteiger partial charge in [-0.05, 0) is 58.8 Å². The van der Waals surface area contributed by atoms with Crippen LogP contribution < -0.4 is 15.4 Å². The Morgan fingerprint density at radius 2 is 2.10 bits per heavy atom. The molecule has 1 aromatic carbocycles. The van der Waals surface area contributed by atoms with Crippen molar-refractivity contribution in [3.63, 3.8) is 0 Å². The minimum atomic E-state index is -0.298. The van der Waals surface area contributed by atoms with Gasteiger partial charge < -0.3 is 15.4 Å². The first kappa shape index (κ1) is 24.9. The van der Waals surface area contributed by atoms with Crippen molar-refractivity contribution in [2.24, 2.45) is 4.99 Å².